The van der Waals surface area contributed by atoms with Gasteiger partial charge in [0.15, 0.2) is 0 Å². The molecular formula is C21H17N3O2S. The van der Waals surface area contributed by atoms with E-state index in [0.29, 0.717) is 11.5 Å². The van der Waals surface area contributed by atoms with Gasteiger partial charge >= 0.3 is 5.97 Å². The van der Waals surface area contributed by atoms with E-state index in [-0.39, 0.29) is 5.56 Å². The predicted molar refractivity (Wildman–Crippen MR) is 109 cm³/mol. The van der Waals surface area contributed by atoms with E-state index < -0.39 is 5.97 Å². The number of rotatable bonds is 4. The van der Waals surface area contributed by atoms with Crippen molar-refractivity contribution in [2.24, 2.45) is 0 Å². The molecule has 4 aromatic rings. The minimum atomic E-state index is -0.983. The van der Waals surface area contributed by atoms with Gasteiger partial charge in [-0.15, -0.1) is 11.3 Å². The summed E-state index contributed by atoms with van der Waals surface area (Å²) < 4.78 is 0. The van der Waals surface area contributed by atoms with Crippen LogP contribution in [0.2, 0.25) is 0 Å². The summed E-state index contributed by atoms with van der Waals surface area (Å²) >= 11 is 1.55. The molecule has 2 N–H and O–H groups in total. The number of para-hydroxylation sites is 1. The highest BCUT2D eigenvalue weighted by molar-refractivity contribution is 7.17. The second-order valence-corrected chi connectivity index (χ2v) is 7.20. The molecule has 0 aliphatic carbocycles. The first-order chi connectivity index (χ1) is 13.0. The quantitative estimate of drug-likeness (QED) is 0.498. The van der Waals surface area contributed by atoms with Crippen LogP contribution in [0, 0.1) is 13.8 Å². The lowest BCUT2D eigenvalue weighted by Crippen LogP contribution is -2.03. The number of nitrogens with zero attached hydrogens (tertiary/aromatic N) is 2. The zero-order valence-corrected chi connectivity index (χ0v) is 15.7. The Balaban J connectivity index is 1.88. The molecule has 0 fully saturated rings. The first-order valence-corrected chi connectivity index (χ1v) is 9.31. The summed E-state index contributed by atoms with van der Waals surface area (Å²) in [6.07, 6.45) is 1.50. The Kier molecular flexibility index (Phi) is 4.33. The van der Waals surface area contributed by atoms with Gasteiger partial charge in [-0.05, 0) is 37.1 Å². The van der Waals surface area contributed by atoms with Crippen LogP contribution in [-0.4, -0.2) is 21.0 Å². The number of aromatic nitrogens is 2. The second-order valence-electron chi connectivity index (χ2n) is 6.35. The Morgan fingerprint density at radius 2 is 1.89 bits per heavy atom. The summed E-state index contributed by atoms with van der Waals surface area (Å²) in [5.74, 6) is -0.381. The zero-order chi connectivity index (χ0) is 19.0. The maximum Gasteiger partial charge on any atom is 0.337 e. The molecule has 2 heterocycles. The van der Waals surface area contributed by atoms with E-state index in [0.717, 1.165) is 21.3 Å². The molecule has 0 saturated carbocycles. The van der Waals surface area contributed by atoms with Crippen molar-refractivity contribution in [1.29, 1.82) is 0 Å². The van der Waals surface area contributed by atoms with Gasteiger partial charge < -0.3 is 10.4 Å². The number of aromatic carboxylic acids is 1. The number of carboxylic acid groups (broad SMARTS) is 1. The number of thiophene rings is 1. The lowest BCUT2D eigenvalue weighted by Gasteiger charge is -2.12. The van der Waals surface area contributed by atoms with Crippen molar-refractivity contribution in [3.8, 4) is 11.1 Å². The second kappa shape index (κ2) is 6.81. The van der Waals surface area contributed by atoms with Crippen LogP contribution in [0.15, 0.2) is 54.2 Å². The smallest absolute Gasteiger partial charge is 0.337 e. The fourth-order valence-corrected chi connectivity index (χ4v) is 4.10. The van der Waals surface area contributed by atoms with Crippen molar-refractivity contribution in [1.82, 2.24) is 9.97 Å². The fourth-order valence-electron chi connectivity index (χ4n) is 3.19. The standard InChI is InChI=1S/C21H17N3O2S/c1-12-7-8-14(13(2)9-12)16-10-27-20-18(16)19(22-11-23-20)24-17-6-4-3-5-15(17)21(25)26/h3-11H,1-2H3,(H,25,26)(H,22,23,24). The van der Waals surface area contributed by atoms with Crippen LogP contribution in [0.5, 0.6) is 0 Å². The first kappa shape index (κ1) is 17.2. The molecule has 0 spiro atoms. The zero-order valence-electron chi connectivity index (χ0n) is 14.9. The molecule has 0 bridgehead atoms. The number of nitrogens with one attached hydrogen (secondary N) is 1. The average molecular weight is 375 g/mol. The molecule has 2 aromatic carbocycles. The van der Waals surface area contributed by atoms with Gasteiger partial charge in [-0.1, -0.05) is 35.9 Å². The minimum Gasteiger partial charge on any atom is -0.478 e. The van der Waals surface area contributed by atoms with Crippen molar-refractivity contribution in [2.75, 3.05) is 5.32 Å². The fraction of sp³-hybridized carbons (Fsp3) is 0.0952. The van der Waals surface area contributed by atoms with E-state index in [1.54, 1.807) is 35.6 Å². The van der Waals surface area contributed by atoms with Gasteiger partial charge in [0.1, 0.15) is 17.0 Å². The molecule has 0 saturated heterocycles. The number of aryl methyl sites for hydroxylation is 2. The Morgan fingerprint density at radius 3 is 2.67 bits per heavy atom. The number of carboxylic acids is 1. The number of benzene rings is 2. The summed E-state index contributed by atoms with van der Waals surface area (Å²) in [6, 6.07) is 13.1. The monoisotopic (exact) mass is 375 g/mol. The van der Waals surface area contributed by atoms with E-state index in [4.69, 9.17) is 0 Å². The third kappa shape index (κ3) is 3.15. The largest absolute Gasteiger partial charge is 0.478 e. The van der Waals surface area contributed by atoms with Crippen molar-refractivity contribution >= 4 is 39.0 Å². The molecule has 0 unspecified atom stereocenters. The highest BCUT2D eigenvalue weighted by atomic mass is 32.1. The third-order valence-corrected chi connectivity index (χ3v) is 5.34. The number of carbonyl (C=O) groups is 1. The lowest BCUT2D eigenvalue weighted by atomic mass is 9.99. The number of hydrogen-bond donors (Lipinski definition) is 2. The van der Waals surface area contributed by atoms with Gasteiger partial charge in [0.05, 0.1) is 16.6 Å². The number of anilines is 2. The molecule has 4 rings (SSSR count). The molecule has 5 nitrogen and oxygen atoms in total. The van der Waals surface area contributed by atoms with E-state index in [9.17, 15) is 9.90 Å². The van der Waals surface area contributed by atoms with Crippen molar-refractivity contribution in [2.45, 2.75) is 13.8 Å². The Morgan fingerprint density at radius 1 is 1.07 bits per heavy atom. The number of fused-ring (bicyclic) bond motifs is 1. The molecule has 0 aliphatic heterocycles. The Labute approximate surface area is 160 Å². The van der Waals surface area contributed by atoms with Gasteiger partial charge in [-0.3, -0.25) is 0 Å². The van der Waals surface area contributed by atoms with Crippen LogP contribution in [0.1, 0.15) is 21.5 Å². The molecule has 0 amide bonds. The SMILES string of the molecule is Cc1ccc(-c2csc3ncnc(Nc4ccccc4C(=O)O)c23)c(C)c1. The maximum atomic E-state index is 11.5. The molecule has 134 valence electrons. The van der Waals surface area contributed by atoms with E-state index in [2.05, 4.69) is 52.7 Å². The average Bonchev–Trinajstić information content (AvgIpc) is 3.07. The molecule has 0 atom stereocenters. The molecule has 2 aromatic heterocycles. The lowest BCUT2D eigenvalue weighted by molar-refractivity contribution is 0.0698. The highest BCUT2D eigenvalue weighted by Gasteiger charge is 2.16. The van der Waals surface area contributed by atoms with Gasteiger partial charge in [0.25, 0.3) is 0 Å². The molecule has 0 radical (unpaired) electrons. The van der Waals surface area contributed by atoms with Crippen molar-refractivity contribution in [3.05, 3.63) is 70.9 Å². The summed E-state index contributed by atoms with van der Waals surface area (Å²) in [5.41, 5.74) is 5.26. The van der Waals surface area contributed by atoms with Crippen LogP contribution in [0.25, 0.3) is 21.3 Å². The molecular weight excluding hydrogens is 358 g/mol. The van der Waals surface area contributed by atoms with Crippen LogP contribution in [-0.2, 0) is 0 Å². The highest BCUT2D eigenvalue weighted by Crippen LogP contribution is 2.39. The molecule has 27 heavy (non-hydrogen) atoms. The minimum absolute atomic E-state index is 0.201. The van der Waals surface area contributed by atoms with Crippen LogP contribution >= 0.6 is 11.3 Å². The molecule has 0 aliphatic rings. The third-order valence-electron chi connectivity index (χ3n) is 4.45. The van der Waals surface area contributed by atoms with Crippen LogP contribution in [0.4, 0.5) is 11.5 Å². The number of hydrogen-bond acceptors (Lipinski definition) is 5. The Hall–Kier alpha value is -3.25. The van der Waals surface area contributed by atoms with Gasteiger partial charge in [0, 0.05) is 10.9 Å². The van der Waals surface area contributed by atoms with Gasteiger partial charge in [-0.2, -0.15) is 0 Å². The summed E-state index contributed by atoms with van der Waals surface area (Å²) in [6.45, 7) is 4.16. The van der Waals surface area contributed by atoms with Gasteiger partial charge in [0.2, 0.25) is 0 Å². The summed E-state index contributed by atoms with van der Waals surface area (Å²) in [4.78, 5) is 21.2. The normalized spacial score (nSPS) is 10.9. The van der Waals surface area contributed by atoms with E-state index >= 15 is 0 Å². The van der Waals surface area contributed by atoms with E-state index in [1.165, 1.54) is 17.5 Å². The predicted octanol–water partition coefficient (Wildman–Crippen LogP) is 5.42. The van der Waals surface area contributed by atoms with Crippen LogP contribution in [0.3, 0.4) is 0 Å². The summed E-state index contributed by atoms with van der Waals surface area (Å²) in [7, 11) is 0. The first-order valence-electron chi connectivity index (χ1n) is 8.44. The van der Waals surface area contributed by atoms with Crippen LogP contribution < -0.4 is 5.32 Å². The van der Waals surface area contributed by atoms with Gasteiger partial charge in [-0.25, -0.2) is 14.8 Å². The molecule has 6 heteroatoms. The summed E-state index contributed by atoms with van der Waals surface area (Å²) in [5, 5.41) is 15.6. The van der Waals surface area contributed by atoms with Crippen molar-refractivity contribution in [3.63, 3.8) is 0 Å². The van der Waals surface area contributed by atoms with Crippen molar-refractivity contribution < 1.29 is 9.90 Å². The maximum absolute atomic E-state index is 11.5. The van der Waals surface area contributed by atoms with E-state index in [1.807, 2.05) is 0 Å². The topological polar surface area (TPSA) is 75.1 Å². The Bertz CT molecular complexity index is 1170.